The first-order valence-corrected chi connectivity index (χ1v) is 3.61. The van der Waals surface area contributed by atoms with Crippen molar-refractivity contribution in [3.63, 3.8) is 0 Å². The molecule has 0 bridgehead atoms. The molecule has 1 aliphatic heterocycles. The zero-order valence-electron chi connectivity index (χ0n) is 6.71. The van der Waals surface area contributed by atoms with Crippen LogP contribution < -0.4 is 0 Å². The summed E-state index contributed by atoms with van der Waals surface area (Å²) >= 11 is 0. The van der Waals surface area contributed by atoms with E-state index < -0.39 is 5.97 Å². The van der Waals surface area contributed by atoms with E-state index in [4.69, 9.17) is 5.11 Å². The molecule has 66 valence electrons. The SMILES string of the molecule is CN1CCC(C(=O)O)CC1.O. The van der Waals surface area contributed by atoms with Crippen molar-refractivity contribution in [1.29, 1.82) is 0 Å². The van der Waals surface area contributed by atoms with Crippen LogP contribution in [-0.2, 0) is 4.79 Å². The molecular weight excluding hydrogens is 146 g/mol. The van der Waals surface area contributed by atoms with Gasteiger partial charge < -0.3 is 15.5 Å². The quantitative estimate of drug-likeness (QED) is 0.568. The maximum atomic E-state index is 10.4. The van der Waals surface area contributed by atoms with Gasteiger partial charge in [-0.3, -0.25) is 4.79 Å². The van der Waals surface area contributed by atoms with Gasteiger partial charge in [-0.2, -0.15) is 0 Å². The van der Waals surface area contributed by atoms with Crippen molar-refractivity contribution in [2.45, 2.75) is 12.8 Å². The van der Waals surface area contributed by atoms with E-state index in [1.165, 1.54) is 0 Å². The zero-order valence-corrected chi connectivity index (χ0v) is 6.71. The Balaban J connectivity index is 0.000001000. The van der Waals surface area contributed by atoms with E-state index in [1.54, 1.807) is 0 Å². The lowest BCUT2D eigenvalue weighted by Crippen LogP contribution is -2.33. The molecule has 1 fully saturated rings. The number of piperidine rings is 1. The molecule has 0 amide bonds. The van der Waals surface area contributed by atoms with Crippen molar-refractivity contribution < 1.29 is 15.4 Å². The van der Waals surface area contributed by atoms with Crippen LogP contribution in [0.2, 0.25) is 0 Å². The molecule has 1 heterocycles. The maximum absolute atomic E-state index is 10.4. The van der Waals surface area contributed by atoms with E-state index in [0.717, 1.165) is 25.9 Å². The molecule has 1 rings (SSSR count). The molecule has 0 spiro atoms. The maximum Gasteiger partial charge on any atom is 0.306 e. The Labute approximate surface area is 66.1 Å². The highest BCUT2D eigenvalue weighted by molar-refractivity contribution is 5.70. The Morgan fingerprint density at radius 1 is 1.45 bits per heavy atom. The highest BCUT2D eigenvalue weighted by Crippen LogP contribution is 2.15. The Morgan fingerprint density at radius 3 is 2.27 bits per heavy atom. The summed E-state index contributed by atoms with van der Waals surface area (Å²) in [5.74, 6) is -0.718. The van der Waals surface area contributed by atoms with E-state index >= 15 is 0 Å². The number of carbonyl (C=O) groups is 1. The second-order valence-corrected chi connectivity index (χ2v) is 2.92. The molecule has 0 saturated carbocycles. The molecule has 11 heavy (non-hydrogen) atoms. The van der Waals surface area contributed by atoms with Crippen LogP contribution >= 0.6 is 0 Å². The van der Waals surface area contributed by atoms with Crippen molar-refractivity contribution in [1.82, 2.24) is 4.90 Å². The molecule has 0 aliphatic carbocycles. The average molecular weight is 161 g/mol. The molecule has 0 unspecified atom stereocenters. The number of likely N-dealkylation sites (tertiary alicyclic amines) is 1. The number of rotatable bonds is 1. The van der Waals surface area contributed by atoms with E-state index in [0.29, 0.717) is 0 Å². The zero-order chi connectivity index (χ0) is 7.56. The third-order valence-corrected chi connectivity index (χ3v) is 2.07. The average Bonchev–Trinajstić information content (AvgIpc) is 1.88. The number of hydrogen-bond donors (Lipinski definition) is 1. The van der Waals surface area contributed by atoms with Crippen molar-refractivity contribution in [3.8, 4) is 0 Å². The Morgan fingerprint density at radius 2 is 1.91 bits per heavy atom. The number of nitrogens with zero attached hydrogens (tertiary/aromatic N) is 1. The van der Waals surface area contributed by atoms with Crippen molar-refractivity contribution in [2.24, 2.45) is 5.92 Å². The summed E-state index contributed by atoms with van der Waals surface area (Å²) < 4.78 is 0. The minimum Gasteiger partial charge on any atom is -0.481 e. The third kappa shape index (κ3) is 2.86. The van der Waals surface area contributed by atoms with Gasteiger partial charge in [-0.15, -0.1) is 0 Å². The Kier molecular flexibility index (Phi) is 4.07. The summed E-state index contributed by atoms with van der Waals surface area (Å²) in [7, 11) is 2.03. The Bertz CT molecular complexity index is 130. The van der Waals surface area contributed by atoms with Crippen molar-refractivity contribution in [3.05, 3.63) is 0 Å². The number of carboxylic acids is 1. The predicted molar refractivity (Wildman–Crippen MR) is 41.5 cm³/mol. The summed E-state index contributed by atoms with van der Waals surface area (Å²) in [4.78, 5) is 12.6. The van der Waals surface area contributed by atoms with E-state index in [1.807, 2.05) is 7.05 Å². The minimum atomic E-state index is -0.631. The van der Waals surface area contributed by atoms with Crippen LogP contribution in [-0.4, -0.2) is 41.6 Å². The molecular formula is C7H15NO3. The van der Waals surface area contributed by atoms with E-state index in [2.05, 4.69) is 4.90 Å². The van der Waals surface area contributed by atoms with E-state index in [9.17, 15) is 4.79 Å². The lowest BCUT2D eigenvalue weighted by molar-refractivity contribution is -0.143. The lowest BCUT2D eigenvalue weighted by Gasteiger charge is -2.25. The topological polar surface area (TPSA) is 72.0 Å². The predicted octanol–water partition coefficient (Wildman–Crippen LogP) is -0.412. The highest BCUT2D eigenvalue weighted by Gasteiger charge is 2.21. The van der Waals surface area contributed by atoms with Crippen LogP contribution in [0.4, 0.5) is 0 Å². The summed E-state index contributed by atoms with van der Waals surface area (Å²) in [6.07, 6.45) is 1.62. The molecule has 3 N–H and O–H groups in total. The number of hydrogen-bond acceptors (Lipinski definition) is 2. The van der Waals surface area contributed by atoms with E-state index in [-0.39, 0.29) is 11.4 Å². The normalized spacial score (nSPS) is 20.8. The molecule has 0 atom stereocenters. The van der Waals surface area contributed by atoms with Crippen LogP contribution in [0.3, 0.4) is 0 Å². The molecule has 1 saturated heterocycles. The van der Waals surface area contributed by atoms with Gasteiger partial charge in [0.15, 0.2) is 0 Å². The molecule has 0 aromatic carbocycles. The standard InChI is InChI=1S/C7H13NO2.H2O/c1-8-4-2-6(3-5-8)7(9)10;/h6H,2-5H2,1H3,(H,9,10);1H2. The largest absolute Gasteiger partial charge is 0.481 e. The van der Waals surface area contributed by atoms with Gasteiger partial charge in [0.2, 0.25) is 0 Å². The highest BCUT2D eigenvalue weighted by atomic mass is 16.4. The van der Waals surface area contributed by atoms with Gasteiger partial charge in [-0.25, -0.2) is 0 Å². The summed E-state index contributed by atoms with van der Waals surface area (Å²) in [6.45, 7) is 1.86. The van der Waals surface area contributed by atoms with Crippen LogP contribution in [0, 0.1) is 5.92 Å². The molecule has 1 aliphatic rings. The third-order valence-electron chi connectivity index (χ3n) is 2.07. The first-order valence-electron chi connectivity index (χ1n) is 3.61. The Hall–Kier alpha value is -0.610. The van der Waals surface area contributed by atoms with Crippen molar-refractivity contribution >= 4 is 5.97 Å². The first-order chi connectivity index (χ1) is 4.70. The van der Waals surface area contributed by atoms with Gasteiger partial charge in [0.25, 0.3) is 0 Å². The molecule has 0 aromatic heterocycles. The van der Waals surface area contributed by atoms with Gasteiger partial charge in [-0.1, -0.05) is 0 Å². The lowest BCUT2D eigenvalue weighted by atomic mass is 9.98. The fourth-order valence-electron chi connectivity index (χ4n) is 1.26. The van der Waals surface area contributed by atoms with Gasteiger partial charge in [0, 0.05) is 0 Å². The van der Waals surface area contributed by atoms with Crippen molar-refractivity contribution in [2.75, 3.05) is 20.1 Å². The van der Waals surface area contributed by atoms with Gasteiger partial charge in [0.1, 0.15) is 0 Å². The molecule has 0 radical (unpaired) electrons. The van der Waals surface area contributed by atoms with Crippen LogP contribution in [0.1, 0.15) is 12.8 Å². The monoisotopic (exact) mass is 161 g/mol. The first kappa shape index (κ1) is 10.4. The van der Waals surface area contributed by atoms with Gasteiger partial charge in [-0.05, 0) is 33.0 Å². The summed E-state index contributed by atoms with van der Waals surface area (Å²) in [5.41, 5.74) is 0. The fourth-order valence-corrected chi connectivity index (χ4v) is 1.26. The molecule has 0 aromatic rings. The van der Waals surface area contributed by atoms with Gasteiger partial charge in [0.05, 0.1) is 5.92 Å². The molecule has 4 heteroatoms. The van der Waals surface area contributed by atoms with Gasteiger partial charge >= 0.3 is 5.97 Å². The smallest absolute Gasteiger partial charge is 0.306 e. The second-order valence-electron chi connectivity index (χ2n) is 2.92. The van der Waals surface area contributed by atoms with Crippen LogP contribution in [0.25, 0.3) is 0 Å². The van der Waals surface area contributed by atoms with Crippen LogP contribution in [0.5, 0.6) is 0 Å². The summed E-state index contributed by atoms with van der Waals surface area (Å²) in [6, 6.07) is 0. The fraction of sp³-hybridized carbons (Fsp3) is 0.857. The van der Waals surface area contributed by atoms with Crippen LogP contribution in [0.15, 0.2) is 0 Å². The minimum absolute atomic E-state index is 0. The number of aliphatic carboxylic acids is 1. The second kappa shape index (κ2) is 4.31. The molecule has 4 nitrogen and oxygen atoms in total. The summed E-state index contributed by atoms with van der Waals surface area (Å²) in [5, 5.41) is 8.61. The number of carboxylic acid groups (broad SMARTS) is 1.